The lowest BCUT2D eigenvalue weighted by atomic mass is 9.88. The second-order valence-corrected chi connectivity index (χ2v) is 8.96. The molecule has 0 unspecified atom stereocenters. The first kappa shape index (κ1) is 21.8. The molecule has 0 aromatic carbocycles. The van der Waals surface area contributed by atoms with Crippen LogP contribution in [0.5, 0.6) is 0 Å². The second-order valence-electron chi connectivity index (χ2n) is 6.52. The summed E-state index contributed by atoms with van der Waals surface area (Å²) < 4.78 is 10.1. The summed E-state index contributed by atoms with van der Waals surface area (Å²) in [6, 6.07) is 0. The molecule has 0 fully saturated rings. The summed E-state index contributed by atoms with van der Waals surface area (Å²) in [5, 5.41) is 3.00. The maximum absolute atomic E-state index is 12.6. The van der Waals surface area contributed by atoms with Crippen molar-refractivity contribution in [1.29, 1.82) is 0 Å². The van der Waals surface area contributed by atoms with Crippen molar-refractivity contribution in [3.63, 3.8) is 0 Å². The van der Waals surface area contributed by atoms with Crippen molar-refractivity contribution in [2.24, 2.45) is 5.92 Å². The number of hydrogen-bond acceptors (Lipinski definition) is 7. The van der Waals surface area contributed by atoms with Crippen LogP contribution < -0.4 is 5.32 Å². The van der Waals surface area contributed by atoms with Gasteiger partial charge in [0, 0.05) is 4.88 Å². The van der Waals surface area contributed by atoms with Crippen molar-refractivity contribution in [3.8, 4) is 0 Å². The number of thioether (sulfide) groups is 1. The number of carbonyl (C=O) groups excluding carboxylic acids is 3. The molecule has 0 radical (unpaired) electrons. The van der Waals surface area contributed by atoms with Crippen molar-refractivity contribution in [1.82, 2.24) is 0 Å². The van der Waals surface area contributed by atoms with Gasteiger partial charge in [0.2, 0.25) is 5.91 Å². The van der Waals surface area contributed by atoms with Crippen LogP contribution in [0.4, 0.5) is 5.00 Å². The number of thiophene rings is 1. The van der Waals surface area contributed by atoms with Gasteiger partial charge in [-0.1, -0.05) is 6.92 Å². The van der Waals surface area contributed by atoms with Crippen molar-refractivity contribution >= 4 is 45.9 Å². The fourth-order valence-electron chi connectivity index (χ4n) is 2.94. The highest BCUT2D eigenvalue weighted by atomic mass is 32.2. The molecule has 1 amide bonds. The van der Waals surface area contributed by atoms with E-state index in [1.54, 1.807) is 20.8 Å². The van der Waals surface area contributed by atoms with Gasteiger partial charge in [-0.3, -0.25) is 9.59 Å². The number of nitrogens with one attached hydrogen (secondary N) is 1. The van der Waals surface area contributed by atoms with Crippen LogP contribution in [0.1, 0.15) is 54.9 Å². The van der Waals surface area contributed by atoms with Gasteiger partial charge in [0.1, 0.15) is 5.00 Å². The number of amides is 1. The van der Waals surface area contributed by atoms with E-state index >= 15 is 0 Å². The summed E-state index contributed by atoms with van der Waals surface area (Å²) in [7, 11) is 0. The Kier molecular flexibility index (Phi) is 8.16. The van der Waals surface area contributed by atoms with E-state index in [1.165, 1.54) is 23.1 Å². The van der Waals surface area contributed by atoms with Crippen LogP contribution in [-0.2, 0) is 31.9 Å². The van der Waals surface area contributed by atoms with E-state index in [9.17, 15) is 14.4 Å². The summed E-state index contributed by atoms with van der Waals surface area (Å²) in [4.78, 5) is 37.7. The Morgan fingerprint density at radius 2 is 1.96 bits per heavy atom. The highest BCUT2D eigenvalue weighted by Crippen LogP contribution is 2.40. The first-order chi connectivity index (χ1) is 12.9. The Hall–Kier alpha value is -1.54. The van der Waals surface area contributed by atoms with Crippen LogP contribution in [0.2, 0.25) is 0 Å². The third kappa shape index (κ3) is 5.72. The van der Waals surface area contributed by atoms with Crippen LogP contribution >= 0.6 is 23.1 Å². The quantitative estimate of drug-likeness (QED) is 0.655. The van der Waals surface area contributed by atoms with Crippen molar-refractivity contribution in [3.05, 3.63) is 16.0 Å². The lowest BCUT2D eigenvalue weighted by Gasteiger charge is -2.18. The molecule has 0 saturated carbocycles. The topological polar surface area (TPSA) is 81.7 Å². The first-order valence-electron chi connectivity index (χ1n) is 9.27. The molecule has 1 heterocycles. The maximum atomic E-state index is 12.6. The zero-order valence-electron chi connectivity index (χ0n) is 16.3. The smallest absolute Gasteiger partial charge is 0.341 e. The fraction of sp³-hybridized carbons (Fsp3) is 0.632. The third-order valence-corrected chi connectivity index (χ3v) is 6.64. The molecule has 1 aromatic rings. The minimum Gasteiger partial charge on any atom is -0.465 e. The van der Waals surface area contributed by atoms with Gasteiger partial charge in [-0.2, -0.15) is 0 Å². The van der Waals surface area contributed by atoms with Gasteiger partial charge in [0.05, 0.1) is 29.8 Å². The average molecular weight is 414 g/mol. The molecule has 6 nitrogen and oxygen atoms in total. The van der Waals surface area contributed by atoms with E-state index in [2.05, 4.69) is 12.2 Å². The van der Waals surface area contributed by atoms with E-state index in [1.807, 2.05) is 0 Å². The summed E-state index contributed by atoms with van der Waals surface area (Å²) >= 11 is 2.68. The summed E-state index contributed by atoms with van der Waals surface area (Å²) in [6.07, 6.45) is 2.76. The monoisotopic (exact) mass is 413 g/mol. The molecule has 2 atom stereocenters. The lowest BCUT2D eigenvalue weighted by molar-refractivity contribution is -0.139. The van der Waals surface area contributed by atoms with E-state index in [4.69, 9.17) is 9.47 Å². The van der Waals surface area contributed by atoms with Crippen LogP contribution in [0.3, 0.4) is 0 Å². The number of fused-ring (bicyclic) bond motifs is 1. The highest BCUT2D eigenvalue weighted by Gasteiger charge is 2.30. The van der Waals surface area contributed by atoms with Crippen LogP contribution in [-0.4, -0.2) is 42.1 Å². The minimum absolute atomic E-state index is 0.117. The van der Waals surface area contributed by atoms with Gasteiger partial charge < -0.3 is 14.8 Å². The van der Waals surface area contributed by atoms with Crippen molar-refractivity contribution in [2.45, 2.75) is 52.2 Å². The zero-order valence-corrected chi connectivity index (χ0v) is 17.9. The number of anilines is 1. The normalized spacial score (nSPS) is 17.0. The molecule has 1 aromatic heterocycles. The Bertz CT molecular complexity index is 701. The molecule has 1 N–H and O–H groups in total. The van der Waals surface area contributed by atoms with Crippen LogP contribution in [0, 0.1) is 5.92 Å². The Morgan fingerprint density at radius 3 is 2.63 bits per heavy atom. The van der Waals surface area contributed by atoms with Gasteiger partial charge >= 0.3 is 11.9 Å². The molecule has 27 heavy (non-hydrogen) atoms. The SMILES string of the molecule is CCOC(=O)CS[C@H](C)C(=O)Nc1sc2c(c1C(=O)OCC)CC[C@@H](C)C2. The van der Waals surface area contributed by atoms with Gasteiger partial charge in [-0.25, -0.2) is 4.79 Å². The van der Waals surface area contributed by atoms with Crippen LogP contribution in [0.15, 0.2) is 0 Å². The number of ether oxygens (including phenoxy) is 2. The molecule has 1 aliphatic carbocycles. The molecular formula is C19H27NO5S2. The summed E-state index contributed by atoms with van der Waals surface area (Å²) in [5.74, 6) is -0.275. The Morgan fingerprint density at radius 1 is 1.26 bits per heavy atom. The lowest BCUT2D eigenvalue weighted by Crippen LogP contribution is -2.25. The van der Waals surface area contributed by atoms with Crippen LogP contribution in [0.25, 0.3) is 0 Å². The molecule has 0 aliphatic heterocycles. The summed E-state index contributed by atoms with van der Waals surface area (Å²) in [5.41, 5.74) is 1.51. The molecule has 0 bridgehead atoms. The minimum atomic E-state index is -0.442. The summed E-state index contributed by atoms with van der Waals surface area (Å²) in [6.45, 7) is 8.05. The van der Waals surface area contributed by atoms with E-state index in [0.717, 1.165) is 29.7 Å². The Balaban J connectivity index is 2.13. The molecule has 0 saturated heterocycles. The number of hydrogen-bond donors (Lipinski definition) is 1. The molecule has 2 rings (SSSR count). The van der Waals surface area contributed by atoms with Gasteiger partial charge in [-0.15, -0.1) is 23.1 Å². The number of esters is 2. The molecule has 8 heteroatoms. The Labute approximate surface area is 168 Å². The molecule has 1 aliphatic rings. The van der Waals surface area contributed by atoms with Crippen molar-refractivity contribution < 1.29 is 23.9 Å². The molecule has 0 spiro atoms. The predicted molar refractivity (Wildman–Crippen MR) is 109 cm³/mol. The molecular weight excluding hydrogens is 386 g/mol. The standard InChI is InChI=1S/C19H27NO5S2/c1-5-24-15(21)10-26-12(4)17(22)20-18-16(19(23)25-6-2)13-8-7-11(3)9-14(13)27-18/h11-12H,5-10H2,1-4H3,(H,20,22)/t11-,12-/m1/s1. The zero-order chi connectivity index (χ0) is 20.0. The number of rotatable bonds is 8. The van der Waals surface area contributed by atoms with E-state index in [-0.39, 0.29) is 23.6 Å². The predicted octanol–water partition coefficient (Wildman–Crippen LogP) is 3.67. The first-order valence-corrected chi connectivity index (χ1v) is 11.1. The maximum Gasteiger partial charge on any atom is 0.341 e. The van der Waals surface area contributed by atoms with Crippen molar-refractivity contribution in [2.75, 3.05) is 24.3 Å². The highest BCUT2D eigenvalue weighted by molar-refractivity contribution is 8.01. The number of carbonyl (C=O) groups is 3. The fourth-order valence-corrected chi connectivity index (χ4v) is 5.02. The van der Waals surface area contributed by atoms with Gasteiger partial charge in [0.25, 0.3) is 0 Å². The van der Waals surface area contributed by atoms with Gasteiger partial charge in [-0.05, 0) is 51.5 Å². The average Bonchev–Trinajstić information content (AvgIpc) is 2.96. The van der Waals surface area contributed by atoms with E-state index in [0.29, 0.717) is 29.7 Å². The second kappa shape index (κ2) is 10.1. The molecule has 150 valence electrons. The van der Waals surface area contributed by atoms with Gasteiger partial charge in [0.15, 0.2) is 0 Å². The largest absolute Gasteiger partial charge is 0.465 e. The third-order valence-electron chi connectivity index (χ3n) is 4.35. The van der Waals surface area contributed by atoms with E-state index < -0.39 is 5.25 Å².